The fraction of sp³-hybridized carbons (Fsp3) is 0.565. The van der Waals surface area contributed by atoms with Gasteiger partial charge in [0, 0.05) is 23.4 Å². The minimum Gasteiger partial charge on any atom is -0.481 e. The highest BCUT2D eigenvalue weighted by Gasteiger charge is 2.36. The second kappa shape index (κ2) is 6.93. The first kappa shape index (κ1) is 19.3. The van der Waals surface area contributed by atoms with Crippen LogP contribution in [-0.2, 0) is 24.2 Å². The summed E-state index contributed by atoms with van der Waals surface area (Å²) < 4.78 is 7.75. The second-order valence-electron chi connectivity index (χ2n) is 9.55. The monoisotopic (exact) mass is 408 g/mol. The summed E-state index contributed by atoms with van der Waals surface area (Å²) in [6.45, 7) is 7.53. The third kappa shape index (κ3) is 3.30. The fourth-order valence-electron chi connectivity index (χ4n) is 4.74. The maximum absolute atomic E-state index is 11.5. The average Bonchev–Trinajstić information content (AvgIpc) is 3.34. The molecular formula is C23H28N4O3. The lowest BCUT2D eigenvalue weighted by Gasteiger charge is -2.30. The van der Waals surface area contributed by atoms with Crippen molar-refractivity contribution in [2.45, 2.75) is 65.8 Å². The molecule has 5 rings (SSSR count). The van der Waals surface area contributed by atoms with Crippen molar-refractivity contribution in [1.82, 2.24) is 19.9 Å². The van der Waals surface area contributed by atoms with Crippen LogP contribution in [0, 0.1) is 17.3 Å². The average molecular weight is 409 g/mol. The Morgan fingerprint density at radius 3 is 2.87 bits per heavy atom. The molecule has 158 valence electrons. The van der Waals surface area contributed by atoms with Crippen molar-refractivity contribution < 1.29 is 14.4 Å². The lowest BCUT2D eigenvalue weighted by Crippen LogP contribution is -2.24. The Kier molecular flexibility index (Phi) is 4.45. The van der Waals surface area contributed by atoms with Gasteiger partial charge in [0.2, 0.25) is 5.82 Å². The van der Waals surface area contributed by atoms with Crippen molar-refractivity contribution in [2.75, 3.05) is 0 Å². The van der Waals surface area contributed by atoms with Crippen molar-refractivity contribution >= 4 is 11.5 Å². The van der Waals surface area contributed by atoms with E-state index < -0.39 is 11.9 Å². The molecule has 1 N–H and O–H groups in total. The minimum atomic E-state index is -0.781. The van der Waals surface area contributed by atoms with E-state index in [4.69, 9.17) is 14.6 Å². The molecular weight excluding hydrogens is 380 g/mol. The molecule has 3 aliphatic rings. The van der Waals surface area contributed by atoms with Crippen molar-refractivity contribution in [1.29, 1.82) is 0 Å². The zero-order chi connectivity index (χ0) is 21.0. The maximum atomic E-state index is 11.5. The Hall–Kier alpha value is -2.70. The van der Waals surface area contributed by atoms with E-state index in [0.29, 0.717) is 24.1 Å². The number of carboxylic acids is 1. The summed E-state index contributed by atoms with van der Waals surface area (Å²) in [7, 11) is 0. The summed E-state index contributed by atoms with van der Waals surface area (Å²) in [4.78, 5) is 16.2. The van der Waals surface area contributed by atoms with E-state index in [-0.39, 0.29) is 5.41 Å². The van der Waals surface area contributed by atoms with E-state index in [9.17, 15) is 9.90 Å². The first-order valence-corrected chi connectivity index (χ1v) is 10.9. The highest BCUT2D eigenvalue weighted by Crippen LogP contribution is 2.46. The van der Waals surface area contributed by atoms with Crippen LogP contribution >= 0.6 is 0 Å². The zero-order valence-electron chi connectivity index (χ0n) is 17.8. The van der Waals surface area contributed by atoms with Gasteiger partial charge in [-0.1, -0.05) is 31.2 Å². The molecule has 1 atom stereocenters. The summed E-state index contributed by atoms with van der Waals surface area (Å²) in [6, 6.07) is 0. The highest BCUT2D eigenvalue weighted by molar-refractivity contribution is 5.82. The number of aliphatic carboxylic acids is 1. The first-order valence-electron chi connectivity index (χ1n) is 10.9. The molecule has 0 radical (unpaired) electrons. The van der Waals surface area contributed by atoms with Gasteiger partial charge in [-0.2, -0.15) is 10.1 Å². The fourth-order valence-corrected chi connectivity index (χ4v) is 4.74. The largest absolute Gasteiger partial charge is 0.481 e. The number of fused-ring (bicyclic) bond motifs is 1. The summed E-state index contributed by atoms with van der Waals surface area (Å²) >= 11 is 0. The number of hydrogen-bond donors (Lipinski definition) is 1. The number of allylic oxidation sites excluding steroid dienone is 3. The molecule has 0 aliphatic heterocycles. The van der Waals surface area contributed by atoms with Crippen molar-refractivity contribution in [3.05, 3.63) is 34.8 Å². The molecule has 0 spiro atoms. The third-order valence-corrected chi connectivity index (χ3v) is 6.64. The molecule has 30 heavy (non-hydrogen) atoms. The number of carbonyl (C=O) groups is 1. The van der Waals surface area contributed by atoms with Gasteiger partial charge >= 0.3 is 5.97 Å². The summed E-state index contributed by atoms with van der Waals surface area (Å²) in [5, 5.41) is 18.5. The lowest BCUT2D eigenvalue weighted by molar-refractivity contribution is -0.140. The van der Waals surface area contributed by atoms with Gasteiger partial charge in [0.15, 0.2) is 5.69 Å². The normalized spacial score (nSPS) is 23.0. The van der Waals surface area contributed by atoms with Crippen molar-refractivity contribution in [3.63, 3.8) is 0 Å². The van der Waals surface area contributed by atoms with E-state index >= 15 is 0 Å². The van der Waals surface area contributed by atoms with Crippen LogP contribution in [0.5, 0.6) is 0 Å². The van der Waals surface area contributed by atoms with Crippen LogP contribution < -0.4 is 0 Å². The van der Waals surface area contributed by atoms with Crippen molar-refractivity contribution in [3.8, 4) is 11.6 Å². The Labute approximate surface area is 175 Å². The van der Waals surface area contributed by atoms with Crippen LogP contribution in [0.4, 0.5) is 0 Å². The van der Waals surface area contributed by atoms with Gasteiger partial charge in [0.05, 0.1) is 5.92 Å². The molecule has 0 amide bonds. The molecule has 2 aromatic heterocycles. The van der Waals surface area contributed by atoms with E-state index in [1.165, 1.54) is 11.3 Å². The quantitative estimate of drug-likeness (QED) is 0.793. The van der Waals surface area contributed by atoms with Gasteiger partial charge in [-0.05, 0) is 62.4 Å². The van der Waals surface area contributed by atoms with Crippen LogP contribution in [0.3, 0.4) is 0 Å². The van der Waals surface area contributed by atoms with E-state index in [1.807, 2.05) is 12.2 Å². The summed E-state index contributed by atoms with van der Waals surface area (Å²) in [6.07, 6.45) is 9.56. The summed E-state index contributed by atoms with van der Waals surface area (Å²) in [5.41, 5.74) is 5.57. The number of nitrogens with zero attached hydrogens (tertiary/aromatic N) is 4. The molecule has 1 fully saturated rings. The maximum Gasteiger partial charge on any atom is 0.310 e. The van der Waals surface area contributed by atoms with Gasteiger partial charge < -0.3 is 9.63 Å². The topological polar surface area (TPSA) is 94.0 Å². The molecule has 1 saturated carbocycles. The Bertz CT molecular complexity index is 1070. The molecule has 2 heterocycles. The Morgan fingerprint density at radius 1 is 1.37 bits per heavy atom. The lowest BCUT2D eigenvalue weighted by atomic mass is 9.76. The third-order valence-electron chi connectivity index (χ3n) is 6.64. The molecule has 7 heteroatoms. The van der Waals surface area contributed by atoms with Crippen LogP contribution in [0.2, 0.25) is 0 Å². The predicted octanol–water partition coefficient (Wildman–Crippen LogP) is 4.29. The number of rotatable bonds is 5. The van der Waals surface area contributed by atoms with E-state index in [1.54, 1.807) is 0 Å². The van der Waals surface area contributed by atoms with Crippen LogP contribution in [-0.4, -0.2) is 31.0 Å². The Morgan fingerprint density at radius 2 is 2.17 bits per heavy atom. The first-order chi connectivity index (χ1) is 14.4. The molecule has 0 aromatic carbocycles. The number of hydrogen-bond acceptors (Lipinski definition) is 5. The van der Waals surface area contributed by atoms with Crippen LogP contribution in [0.25, 0.3) is 17.2 Å². The Balaban J connectivity index is 1.49. The summed E-state index contributed by atoms with van der Waals surface area (Å²) in [5.74, 6) is 0.172. The zero-order valence-corrected chi connectivity index (χ0v) is 17.8. The minimum absolute atomic E-state index is 0.273. The van der Waals surface area contributed by atoms with Gasteiger partial charge in [-0.25, -0.2) is 0 Å². The van der Waals surface area contributed by atoms with Gasteiger partial charge in [0.1, 0.15) is 0 Å². The van der Waals surface area contributed by atoms with E-state index in [2.05, 4.69) is 30.6 Å². The smallest absolute Gasteiger partial charge is 0.310 e. The molecule has 1 unspecified atom stereocenters. The predicted molar refractivity (Wildman–Crippen MR) is 112 cm³/mol. The highest BCUT2D eigenvalue weighted by atomic mass is 16.5. The van der Waals surface area contributed by atoms with Gasteiger partial charge in [-0.15, -0.1) is 0 Å². The van der Waals surface area contributed by atoms with Crippen LogP contribution in [0.1, 0.15) is 63.5 Å². The molecule has 3 aliphatic carbocycles. The molecule has 7 nitrogen and oxygen atoms in total. The number of carboxylic acid groups (broad SMARTS) is 1. The molecule has 0 bridgehead atoms. The van der Waals surface area contributed by atoms with Gasteiger partial charge in [0.25, 0.3) is 5.89 Å². The standard InChI is InChI=1S/C23H28N4O3/c1-4-27-18-12-23(2,3)10-9-16(18)19(25-27)21-24-20(26-30-21)15-8-7-14(22(28)29)11-17(15)13-5-6-13/h8,11,13-14H,4-7,9-10,12H2,1-3H3,(H,28,29). The van der Waals surface area contributed by atoms with Crippen LogP contribution in [0.15, 0.2) is 22.2 Å². The SMILES string of the molecule is CCn1nc(-c2nc(C3=CCC(C(=O)O)C=C3C3CC3)no2)c2c1CC(C)(C)CC2. The molecule has 0 saturated heterocycles. The van der Waals surface area contributed by atoms with Gasteiger partial charge in [-0.3, -0.25) is 9.48 Å². The number of aryl methyl sites for hydroxylation is 1. The van der Waals surface area contributed by atoms with E-state index in [0.717, 1.165) is 55.5 Å². The second-order valence-corrected chi connectivity index (χ2v) is 9.55. The number of aromatic nitrogens is 4. The van der Waals surface area contributed by atoms with Crippen molar-refractivity contribution in [2.24, 2.45) is 17.3 Å². The molecule has 2 aromatic rings.